The molecule has 0 radical (unpaired) electrons. The number of pyridine rings is 1. The zero-order valence-electron chi connectivity index (χ0n) is 10.2. The lowest BCUT2D eigenvalue weighted by Crippen LogP contribution is -2.20. The summed E-state index contributed by atoms with van der Waals surface area (Å²) in [7, 11) is 0. The molecule has 1 aromatic carbocycles. The Morgan fingerprint density at radius 3 is 2.74 bits per heavy atom. The fraction of sp³-hybridized carbons (Fsp3) is 0.143. The summed E-state index contributed by atoms with van der Waals surface area (Å²) >= 11 is 5.74. The number of carbonyl (C=O) groups is 1. The lowest BCUT2D eigenvalue weighted by atomic mass is 10.0. The molecular weight excluding hydrogens is 262 g/mol. The number of nitrogens with two attached hydrogens (primary N) is 1. The van der Waals surface area contributed by atoms with E-state index in [1.54, 1.807) is 12.1 Å². The lowest BCUT2D eigenvalue weighted by molar-refractivity contribution is -0.116. The minimum atomic E-state index is -0.321. The van der Waals surface area contributed by atoms with Gasteiger partial charge in [-0.25, -0.2) is 4.98 Å². The first-order chi connectivity index (χ1) is 9.15. The van der Waals surface area contributed by atoms with Crippen LogP contribution >= 0.6 is 11.6 Å². The molecule has 4 nitrogen and oxygen atoms in total. The van der Waals surface area contributed by atoms with Gasteiger partial charge in [0.2, 0.25) is 5.91 Å². The molecule has 1 atom stereocenters. The van der Waals surface area contributed by atoms with Crippen LogP contribution in [-0.2, 0) is 4.79 Å². The van der Waals surface area contributed by atoms with Gasteiger partial charge in [0.25, 0.3) is 0 Å². The van der Waals surface area contributed by atoms with Crippen LogP contribution in [0, 0.1) is 0 Å². The number of nitrogens with one attached hydrogen (secondary N) is 1. The number of benzene rings is 1. The fourth-order valence-corrected chi connectivity index (χ4v) is 1.88. The highest BCUT2D eigenvalue weighted by atomic mass is 35.5. The van der Waals surface area contributed by atoms with Crippen molar-refractivity contribution in [1.82, 2.24) is 4.98 Å². The normalized spacial score (nSPS) is 11.9. The highest BCUT2D eigenvalue weighted by Crippen LogP contribution is 2.16. The van der Waals surface area contributed by atoms with Gasteiger partial charge in [0, 0.05) is 24.3 Å². The second-order valence-corrected chi connectivity index (χ2v) is 4.52. The van der Waals surface area contributed by atoms with Crippen LogP contribution in [0.25, 0.3) is 0 Å². The molecule has 1 amide bonds. The van der Waals surface area contributed by atoms with Gasteiger partial charge in [0.05, 0.1) is 0 Å². The largest absolute Gasteiger partial charge is 0.326 e. The Hall–Kier alpha value is -1.91. The summed E-state index contributed by atoms with van der Waals surface area (Å²) in [5.74, 6) is -0.154. The highest BCUT2D eigenvalue weighted by Gasteiger charge is 2.11. The average Bonchev–Trinajstić information content (AvgIpc) is 2.39. The van der Waals surface area contributed by atoms with Crippen LogP contribution in [-0.4, -0.2) is 10.9 Å². The summed E-state index contributed by atoms with van der Waals surface area (Å²) < 4.78 is 0. The Balaban J connectivity index is 1.95. The summed E-state index contributed by atoms with van der Waals surface area (Å²) in [5, 5.41) is 3.08. The highest BCUT2D eigenvalue weighted by molar-refractivity contribution is 6.29. The van der Waals surface area contributed by atoms with Gasteiger partial charge in [-0.1, -0.05) is 41.9 Å². The fourth-order valence-electron chi connectivity index (χ4n) is 1.71. The van der Waals surface area contributed by atoms with Gasteiger partial charge >= 0.3 is 0 Å². The van der Waals surface area contributed by atoms with Crippen molar-refractivity contribution in [3.05, 3.63) is 59.4 Å². The summed E-state index contributed by atoms with van der Waals surface area (Å²) in [6, 6.07) is 12.5. The molecule has 0 aliphatic rings. The number of rotatable bonds is 4. The number of carbonyl (C=O) groups excluding carboxylic acids is 1. The van der Waals surface area contributed by atoms with Crippen LogP contribution in [0.2, 0.25) is 5.15 Å². The first kappa shape index (κ1) is 13.5. The predicted octanol–water partition coefficient (Wildman–Crippen LogP) is 2.76. The third-order valence-electron chi connectivity index (χ3n) is 2.64. The second kappa shape index (κ2) is 6.31. The molecule has 1 heterocycles. The van der Waals surface area contributed by atoms with Crippen molar-refractivity contribution in [3.63, 3.8) is 0 Å². The molecule has 0 saturated carbocycles. The molecule has 0 bridgehead atoms. The van der Waals surface area contributed by atoms with Crippen LogP contribution in [0.5, 0.6) is 0 Å². The van der Waals surface area contributed by atoms with E-state index in [-0.39, 0.29) is 18.4 Å². The predicted molar refractivity (Wildman–Crippen MR) is 75.9 cm³/mol. The Morgan fingerprint density at radius 2 is 2.05 bits per heavy atom. The van der Waals surface area contributed by atoms with Gasteiger partial charge in [-0.2, -0.15) is 0 Å². The molecule has 2 rings (SSSR count). The van der Waals surface area contributed by atoms with Gasteiger partial charge in [0.1, 0.15) is 5.15 Å². The summed E-state index contributed by atoms with van der Waals surface area (Å²) in [5.41, 5.74) is 7.53. The van der Waals surface area contributed by atoms with Crippen molar-refractivity contribution in [3.8, 4) is 0 Å². The summed E-state index contributed by atoms with van der Waals surface area (Å²) in [4.78, 5) is 15.7. The van der Waals surface area contributed by atoms with Gasteiger partial charge in [-0.3, -0.25) is 4.79 Å². The number of aromatic nitrogens is 1. The molecule has 19 heavy (non-hydrogen) atoms. The van der Waals surface area contributed by atoms with Crippen LogP contribution in [0.15, 0.2) is 48.7 Å². The first-order valence-corrected chi connectivity index (χ1v) is 6.25. The average molecular weight is 276 g/mol. The number of nitrogens with zero attached hydrogens (tertiary/aromatic N) is 1. The smallest absolute Gasteiger partial charge is 0.226 e. The molecule has 0 spiro atoms. The monoisotopic (exact) mass is 275 g/mol. The van der Waals surface area contributed by atoms with E-state index in [9.17, 15) is 4.79 Å². The third kappa shape index (κ3) is 4.05. The van der Waals surface area contributed by atoms with E-state index in [0.717, 1.165) is 5.56 Å². The summed E-state index contributed by atoms with van der Waals surface area (Å²) in [6.45, 7) is 0. The van der Waals surface area contributed by atoms with E-state index in [1.165, 1.54) is 6.20 Å². The standard InChI is InChI=1S/C14H14ClN3O/c15-13-8-11(6-7-17-13)18-14(19)9-12(16)10-4-2-1-3-5-10/h1-8,12H,9,16H2,(H,17,18,19). The van der Waals surface area contributed by atoms with Crippen molar-refractivity contribution < 1.29 is 4.79 Å². The zero-order chi connectivity index (χ0) is 13.7. The Kier molecular flexibility index (Phi) is 4.49. The van der Waals surface area contributed by atoms with E-state index >= 15 is 0 Å². The van der Waals surface area contributed by atoms with Crippen molar-refractivity contribution >= 4 is 23.2 Å². The minimum absolute atomic E-state index is 0.154. The van der Waals surface area contributed by atoms with Crippen molar-refractivity contribution in [2.24, 2.45) is 5.73 Å². The maximum absolute atomic E-state index is 11.9. The molecule has 3 N–H and O–H groups in total. The Morgan fingerprint density at radius 1 is 1.32 bits per heavy atom. The lowest BCUT2D eigenvalue weighted by Gasteiger charge is -2.12. The number of hydrogen-bond donors (Lipinski definition) is 2. The van der Waals surface area contributed by atoms with Gasteiger partial charge in [-0.15, -0.1) is 0 Å². The van der Waals surface area contributed by atoms with Crippen molar-refractivity contribution in [2.45, 2.75) is 12.5 Å². The molecule has 0 aliphatic carbocycles. The zero-order valence-corrected chi connectivity index (χ0v) is 11.0. The molecule has 5 heteroatoms. The summed E-state index contributed by atoms with van der Waals surface area (Å²) in [6.07, 6.45) is 1.75. The third-order valence-corrected chi connectivity index (χ3v) is 2.85. The van der Waals surface area contributed by atoms with E-state index in [0.29, 0.717) is 10.8 Å². The van der Waals surface area contributed by atoms with Crippen LogP contribution in [0.3, 0.4) is 0 Å². The quantitative estimate of drug-likeness (QED) is 0.843. The molecule has 1 aromatic heterocycles. The van der Waals surface area contributed by atoms with Crippen molar-refractivity contribution in [1.29, 1.82) is 0 Å². The minimum Gasteiger partial charge on any atom is -0.326 e. The molecular formula is C14H14ClN3O. The molecule has 1 unspecified atom stereocenters. The van der Waals surface area contributed by atoms with Crippen LogP contribution in [0.1, 0.15) is 18.0 Å². The van der Waals surface area contributed by atoms with E-state index in [1.807, 2.05) is 30.3 Å². The molecule has 0 saturated heterocycles. The number of halogens is 1. The number of hydrogen-bond acceptors (Lipinski definition) is 3. The number of anilines is 1. The molecule has 0 fully saturated rings. The van der Waals surface area contributed by atoms with E-state index < -0.39 is 0 Å². The van der Waals surface area contributed by atoms with Gasteiger partial charge in [-0.05, 0) is 17.7 Å². The van der Waals surface area contributed by atoms with Gasteiger partial charge in [0.15, 0.2) is 0 Å². The van der Waals surface area contributed by atoms with Gasteiger partial charge < -0.3 is 11.1 Å². The van der Waals surface area contributed by atoms with E-state index in [4.69, 9.17) is 17.3 Å². The first-order valence-electron chi connectivity index (χ1n) is 5.87. The SMILES string of the molecule is NC(CC(=O)Nc1ccnc(Cl)c1)c1ccccc1. The van der Waals surface area contributed by atoms with E-state index in [2.05, 4.69) is 10.3 Å². The maximum atomic E-state index is 11.9. The molecule has 2 aromatic rings. The Labute approximate surface area is 116 Å². The second-order valence-electron chi connectivity index (χ2n) is 4.14. The maximum Gasteiger partial charge on any atom is 0.226 e. The van der Waals surface area contributed by atoms with Crippen LogP contribution in [0.4, 0.5) is 5.69 Å². The molecule has 98 valence electrons. The topological polar surface area (TPSA) is 68.0 Å². The number of amides is 1. The van der Waals surface area contributed by atoms with Crippen LogP contribution < -0.4 is 11.1 Å². The molecule has 0 aliphatic heterocycles. The Bertz CT molecular complexity index is 560. The van der Waals surface area contributed by atoms with Crippen molar-refractivity contribution in [2.75, 3.05) is 5.32 Å².